The first-order chi connectivity index (χ1) is 6.27. The Labute approximate surface area is 77.9 Å². The Kier molecular flexibility index (Phi) is 3.72. The van der Waals surface area contributed by atoms with Crippen molar-refractivity contribution in [3.63, 3.8) is 0 Å². The predicted octanol–water partition coefficient (Wildman–Crippen LogP) is -0.194. The quantitative estimate of drug-likeness (QED) is 0.665. The zero-order valence-electron chi connectivity index (χ0n) is 8.03. The molecule has 0 spiro atoms. The average Bonchev–Trinajstić information content (AvgIpc) is 2.54. The number of nitrogens with zero attached hydrogens (tertiary/aromatic N) is 2. The number of aryl methyl sites for hydroxylation is 1. The number of nitrogens with two attached hydrogens (primary N) is 1. The Morgan fingerprint density at radius 1 is 1.77 bits per heavy atom. The van der Waals surface area contributed by atoms with Crippen molar-refractivity contribution in [3.8, 4) is 0 Å². The summed E-state index contributed by atoms with van der Waals surface area (Å²) >= 11 is 0. The third-order valence-corrected chi connectivity index (χ3v) is 1.93. The van der Waals surface area contributed by atoms with Crippen LogP contribution >= 0.6 is 0 Å². The van der Waals surface area contributed by atoms with Gasteiger partial charge in [0.2, 0.25) is 0 Å². The van der Waals surface area contributed by atoms with Gasteiger partial charge >= 0.3 is 0 Å². The van der Waals surface area contributed by atoms with E-state index in [0.29, 0.717) is 13.1 Å². The first-order valence-electron chi connectivity index (χ1n) is 4.22. The van der Waals surface area contributed by atoms with Crippen LogP contribution in [0.4, 0.5) is 5.82 Å². The molecule has 1 heterocycles. The first kappa shape index (κ1) is 10.0. The van der Waals surface area contributed by atoms with Gasteiger partial charge in [-0.1, -0.05) is 0 Å². The maximum absolute atomic E-state index is 5.47. The molecule has 0 aromatic carbocycles. The lowest BCUT2D eigenvalue weighted by Gasteiger charge is -2.14. The maximum atomic E-state index is 5.47. The number of nitrogens with one attached hydrogen (secondary N) is 1. The molecule has 1 atom stereocenters. The van der Waals surface area contributed by atoms with Crippen molar-refractivity contribution in [1.29, 1.82) is 0 Å². The number of anilines is 1. The number of hydrogen-bond acceptors (Lipinski definition) is 4. The van der Waals surface area contributed by atoms with Crippen molar-refractivity contribution in [2.24, 2.45) is 12.8 Å². The summed E-state index contributed by atoms with van der Waals surface area (Å²) in [5.74, 6) is 0.968. The summed E-state index contributed by atoms with van der Waals surface area (Å²) in [5, 5.41) is 7.22. The largest absolute Gasteiger partial charge is 0.378 e. The Morgan fingerprint density at radius 2 is 2.54 bits per heavy atom. The first-order valence-corrected chi connectivity index (χ1v) is 4.22. The van der Waals surface area contributed by atoms with Gasteiger partial charge in [0.15, 0.2) is 0 Å². The van der Waals surface area contributed by atoms with Crippen LogP contribution in [0.25, 0.3) is 0 Å². The van der Waals surface area contributed by atoms with Gasteiger partial charge in [0.25, 0.3) is 0 Å². The van der Waals surface area contributed by atoms with Crippen LogP contribution in [0.1, 0.15) is 0 Å². The number of rotatable bonds is 5. The normalized spacial score (nSPS) is 12.8. The van der Waals surface area contributed by atoms with Crippen molar-refractivity contribution < 1.29 is 4.74 Å². The van der Waals surface area contributed by atoms with Crippen LogP contribution in [0, 0.1) is 0 Å². The molecule has 0 amide bonds. The minimum absolute atomic E-state index is 0.0508. The van der Waals surface area contributed by atoms with E-state index in [-0.39, 0.29) is 6.10 Å². The van der Waals surface area contributed by atoms with Crippen molar-refractivity contribution >= 4 is 5.82 Å². The summed E-state index contributed by atoms with van der Waals surface area (Å²) in [6.45, 7) is 1.22. The Balaban J connectivity index is 2.38. The van der Waals surface area contributed by atoms with Gasteiger partial charge < -0.3 is 15.8 Å². The van der Waals surface area contributed by atoms with E-state index in [1.807, 2.05) is 13.1 Å². The Morgan fingerprint density at radius 3 is 3.00 bits per heavy atom. The second kappa shape index (κ2) is 4.84. The molecular weight excluding hydrogens is 168 g/mol. The van der Waals surface area contributed by atoms with Crippen molar-refractivity contribution in [3.05, 3.63) is 12.3 Å². The van der Waals surface area contributed by atoms with Crippen molar-refractivity contribution in [2.75, 3.05) is 25.5 Å². The van der Waals surface area contributed by atoms with Crippen LogP contribution in [0.15, 0.2) is 12.3 Å². The minimum atomic E-state index is 0.0508. The van der Waals surface area contributed by atoms with E-state index >= 15 is 0 Å². The molecule has 3 N–H and O–H groups in total. The van der Waals surface area contributed by atoms with Crippen LogP contribution in [0.3, 0.4) is 0 Å². The van der Waals surface area contributed by atoms with Gasteiger partial charge in [0.1, 0.15) is 5.82 Å². The number of aromatic nitrogens is 2. The molecule has 1 unspecified atom stereocenters. The molecule has 13 heavy (non-hydrogen) atoms. The van der Waals surface area contributed by atoms with Gasteiger partial charge in [-0.2, -0.15) is 5.10 Å². The number of hydrogen-bond donors (Lipinski definition) is 2. The van der Waals surface area contributed by atoms with Gasteiger partial charge in [-0.25, -0.2) is 0 Å². The molecule has 0 saturated carbocycles. The van der Waals surface area contributed by atoms with Gasteiger partial charge in [-0.3, -0.25) is 4.68 Å². The molecule has 5 nitrogen and oxygen atoms in total. The average molecular weight is 184 g/mol. The molecule has 5 heteroatoms. The molecule has 1 aromatic heterocycles. The van der Waals surface area contributed by atoms with Crippen LogP contribution in [-0.4, -0.2) is 36.1 Å². The highest BCUT2D eigenvalue weighted by Crippen LogP contribution is 2.03. The van der Waals surface area contributed by atoms with Gasteiger partial charge in [0.05, 0.1) is 12.3 Å². The molecule has 0 bridgehead atoms. The molecular formula is C8H16N4O. The lowest BCUT2D eigenvalue weighted by Crippen LogP contribution is -2.30. The van der Waals surface area contributed by atoms with Crippen LogP contribution in [0.2, 0.25) is 0 Å². The van der Waals surface area contributed by atoms with Crippen molar-refractivity contribution in [2.45, 2.75) is 6.10 Å². The van der Waals surface area contributed by atoms with E-state index < -0.39 is 0 Å². The third-order valence-electron chi connectivity index (χ3n) is 1.93. The van der Waals surface area contributed by atoms with E-state index in [0.717, 1.165) is 5.82 Å². The summed E-state index contributed by atoms with van der Waals surface area (Å²) in [6.07, 6.45) is 1.79. The maximum Gasteiger partial charge on any atom is 0.123 e. The fraction of sp³-hybridized carbons (Fsp3) is 0.625. The molecule has 0 aliphatic carbocycles. The van der Waals surface area contributed by atoms with E-state index in [1.165, 1.54) is 0 Å². The summed E-state index contributed by atoms with van der Waals surface area (Å²) in [6, 6.07) is 1.91. The smallest absolute Gasteiger partial charge is 0.123 e. The highest BCUT2D eigenvalue weighted by Gasteiger charge is 2.04. The number of methoxy groups -OCH3 is 1. The molecule has 0 aliphatic rings. The monoisotopic (exact) mass is 184 g/mol. The topological polar surface area (TPSA) is 65.1 Å². The zero-order valence-corrected chi connectivity index (χ0v) is 8.03. The zero-order chi connectivity index (χ0) is 9.68. The molecule has 0 saturated heterocycles. The third kappa shape index (κ3) is 2.71. The summed E-state index contributed by atoms with van der Waals surface area (Å²) in [7, 11) is 3.54. The Bertz CT molecular complexity index is 244. The SMILES string of the molecule is COC(CN)CNc1ccnn1C. The van der Waals surface area contributed by atoms with E-state index in [2.05, 4.69) is 10.4 Å². The highest BCUT2D eigenvalue weighted by molar-refractivity contribution is 5.33. The molecule has 74 valence electrons. The molecule has 1 rings (SSSR count). The predicted molar refractivity (Wildman–Crippen MR) is 51.5 cm³/mol. The minimum Gasteiger partial charge on any atom is -0.378 e. The molecule has 0 aliphatic heterocycles. The molecule has 0 radical (unpaired) electrons. The van der Waals surface area contributed by atoms with E-state index in [9.17, 15) is 0 Å². The van der Waals surface area contributed by atoms with Crippen LogP contribution in [0.5, 0.6) is 0 Å². The van der Waals surface area contributed by atoms with Gasteiger partial charge in [-0.05, 0) is 0 Å². The molecule has 0 fully saturated rings. The highest BCUT2D eigenvalue weighted by atomic mass is 16.5. The van der Waals surface area contributed by atoms with Gasteiger partial charge in [-0.15, -0.1) is 0 Å². The fourth-order valence-corrected chi connectivity index (χ4v) is 1.03. The van der Waals surface area contributed by atoms with Crippen LogP contribution in [-0.2, 0) is 11.8 Å². The second-order valence-electron chi connectivity index (χ2n) is 2.81. The summed E-state index contributed by atoms with van der Waals surface area (Å²) in [5.41, 5.74) is 5.47. The molecule has 1 aromatic rings. The number of ether oxygens (including phenoxy) is 1. The standard InChI is InChI=1S/C8H16N4O/c1-12-8(3-4-11-12)10-6-7(5-9)13-2/h3-4,7,10H,5-6,9H2,1-2H3. The summed E-state index contributed by atoms with van der Waals surface area (Å²) < 4.78 is 6.89. The van der Waals surface area contributed by atoms with E-state index in [4.69, 9.17) is 10.5 Å². The Hall–Kier alpha value is -1.07. The fourth-order valence-electron chi connectivity index (χ4n) is 1.03. The summed E-state index contributed by atoms with van der Waals surface area (Å²) in [4.78, 5) is 0. The lowest BCUT2D eigenvalue weighted by molar-refractivity contribution is 0.120. The van der Waals surface area contributed by atoms with Gasteiger partial charge in [0, 0.05) is 33.3 Å². The second-order valence-corrected chi connectivity index (χ2v) is 2.81. The van der Waals surface area contributed by atoms with E-state index in [1.54, 1.807) is 18.0 Å². The lowest BCUT2D eigenvalue weighted by atomic mass is 10.3. The van der Waals surface area contributed by atoms with Crippen molar-refractivity contribution in [1.82, 2.24) is 9.78 Å². The van der Waals surface area contributed by atoms with Crippen LogP contribution < -0.4 is 11.1 Å².